The fraction of sp³-hybridized carbons (Fsp3) is 0.355. The number of aromatic nitrogens is 2. The minimum absolute atomic E-state index is 0.0200. The lowest BCUT2D eigenvalue weighted by molar-refractivity contribution is -0.702. The van der Waals surface area contributed by atoms with E-state index in [2.05, 4.69) is 129 Å². The Balaban J connectivity index is 0.000000467. The highest BCUT2D eigenvalue weighted by Gasteiger charge is 2.53. The minimum atomic E-state index is -6.09. The molecule has 7 nitrogen and oxygen atoms in total. The van der Waals surface area contributed by atoms with Crippen molar-refractivity contribution in [3.63, 3.8) is 0 Å². The lowest BCUT2D eigenvalue weighted by Crippen LogP contribution is -2.43. The van der Waals surface area contributed by atoms with Gasteiger partial charge in [0.2, 0.25) is 8.32 Å². The number of pyridine rings is 1. The summed E-state index contributed by atoms with van der Waals surface area (Å²) in [5.41, 5.74) is -1.47. The van der Waals surface area contributed by atoms with Crippen LogP contribution >= 0.6 is 0 Å². The van der Waals surface area contributed by atoms with Crippen molar-refractivity contribution in [2.24, 2.45) is 0 Å². The number of hydrogen-bond donors (Lipinski definition) is 0. The normalized spacial score (nSPS) is 14.9. The first kappa shape index (κ1) is 32.4. The molecule has 2 heterocycles. The first-order valence-corrected chi connectivity index (χ1v) is 18.1. The summed E-state index contributed by atoms with van der Waals surface area (Å²) in [7, 11) is -7.98. The monoisotopic (exact) mass is 632 g/mol. The van der Waals surface area contributed by atoms with Gasteiger partial charge in [0.15, 0.2) is 34.8 Å². The molecular weight excluding hydrogens is 597 g/mol. The van der Waals surface area contributed by atoms with Crippen LogP contribution in [0.25, 0.3) is 22.4 Å². The second-order valence-corrected chi connectivity index (χ2v) is 18.3. The summed E-state index contributed by atoms with van der Waals surface area (Å²) in [5, 5.41) is 4.79. The van der Waals surface area contributed by atoms with Crippen LogP contribution in [0.1, 0.15) is 39.4 Å². The molecule has 0 bridgehead atoms. The fourth-order valence-corrected chi connectivity index (χ4v) is 5.38. The summed E-state index contributed by atoms with van der Waals surface area (Å²) in [6.45, 7) is 12.2. The maximum atomic E-state index is 10.7. The summed E-state index contributed by atoms with van der Waals surface area (Å²) in [4.78, 5) is 0. The molecule has 0 spiro atoms. The van der Waals surface area contributed by atoms with Crippen molar-refractivity contribution in [3.8, 4) is 28.1 Å². The van der Waals surface area contributed by atoms with Gasteiger partial charge < -0.3 is 13.5 Å². The molecule has 0 saturated heterocycles. The van der Waals surface area contributed by atoms with Crippen LogP contribution in [0, 0.1) is 0 Å². The summed E-state index contributed by atoms with van der Waals surface area (Å²) in [6, 6.07) is 25.1. The number of nitrogens with zero attached hydrogens (tertiary/aromatic N) is 2. The van der Waals surface area contributed by atoms with E-state index in [1.165, 1.54) is 0 Å². The predicted molar refractivity (Wildman–Crippen MR) is 159 cm³/mol. The van der Waals surface area contributed by atoms with Gasteiger partial charge in [-0.05, 0) is 60.8 Å². The van der Waals surface area contributed by atoms with Crippen LogP contribution in [-0.2, 0) is 22.1 Å². The van der Waals surface area contributed by atoms with Crippen molar-refractivity contribution in [3.05, 3.63) is 91.0 Å². The molecule has 0 radical (unpaired) electrons. The highest BCUT2D eigenvalue weighted by atomic mass is 32.2. The Morgan fingerprint density at radius 2 is 1.47 bits per heavy atom. The quantitative estimate of drug-likeness (QED) is 0.0908. The number of rotatable bonds is 7. The molecule has 1 saturated carbocycles. The van der Waals surface area contributed by atoms with Crippen LogP contribution in [0.2, 0.25) is 18.1 Å². The molecule has 43 heavy (non-hydrogen) atoms. The van der Waals surface area contributed by atoms with E-state index in [4.69, 9.17) is 21.9 Å². The van der Waals surface area contributed by atoms with E-state index in [-0.39, 0.29) is 10.5 Å². The standard InChI is InChI=1S/C30H35N2O2Si.CHF3O3S/c1-29(2,3)35(4,5)34-25-16-14-24(15-17-25)27-26(23-12-8-6-9-13-23)28(33-31-27)30(18-19-30)22-32-20-10-7-11-21-32;2-1(3,4)8(5,6)7/h6-17,20-21H,18-19,22H2,1-5H3;(H,5,6,7)/q+1;/p-1. The Labute approximate surface area is 251 Å². The van der Waals surface area contributed by atoms with Crippen molar-refractivity contribution in [1.29, 1.82) is 0 Å². The third-order valence-corrected chi connectivity index (χ3v) is 12.9. The molecule has 12 heteroatoms. The van der Waals surface area contributed by atoms with Gasteiger partial charge in [-0.2, -0.15) is 13.2 Å². The average Bonchev–Trinajstić information content (AvgIpc) is 3.55. The zero-order valence-electron chi connectivity index (χ0n) is 24.7. The molecule has 1 aliphatic carbocycles. The maximum Gasteiger partial charge on any atom is 0.485 e. The average molecular weight is 633 g/mol. The van der Waals surface area contributed by atoms with Crippen LogP contribution in [0.5, 0.6) is 5.75 Å². The molecule has 1 fully saturated rings. The molecule has 1 aliphatic rings. The van der Waals surface area contributed by atoms with E-state index < -0.39 is 23.9 Å². The molecule has 0 unspecified atom stereocenters. The predicted octanol–water partition coefficient (Wildman–Crippen LogP) is 7.46. The zero-order chi connectivity index (χ0) is 31.7. The Bertz CT molecular complexity index is 1630. The van der Waals surface area contributed by atoms with Crippen molar-refractivity contribution >= 4 is 18.4 Å². The van der Waals surface area contributed by atoms with Crippen LogP contribution in [-0.4, -0.2) is 32.0 Å². The van der Waals surface area contributed by atoms with Crippen molar-refractivity contribution < 1.29 is 39.7 Å². The first-order chi connectivity index (χ1) is 19.9. The van der Waals surface area contributed by atoms with Crippen LogP contribution in [0.15, 0.2) is 89.7 Å². The Kier molecular flexibility index (Phi) is 8.97. The van der Waals surface area contributed by atoms with Gasteiger partial charge >= 0.3 is 5.51 Å². The molecule has 5 rings (SSSR count). The molecule has 230 valence electrons. The molecule has 0 N–H and O–H groups in total. The second-order valence-electron chi connectivity index (χ2n) is 12.2. The third-order valence-electron chi connectivity index (χ3n) is 7.94. The van der Waals surface area contributed by atoms with Gasteiger partial charge in [0, 0.05) is 17.7 Å². The Hall–Kier alpha value is -3.48. The van der Waals surface area contributed by atoms with Crippen molar-refractivity contribution in [2.45, 2.75) is 69.2 Å². The first-order valence-electron chi connectivity index (χ1n) is 13.7. The lowest BCUT2D eigenvalue weighted by atomic mass is 9.91. The van der Waals surface area contributed by atoms with E-state index in [0.717, 1.165) is 53.3 Å². The van der Waals surface area contributed by atoms with Crippen LogP contribution < -0.4 is 8.99 Å². The van der Waals surface area contributed by atoms with E-state index in [1.807, 2.05) is 0 Å². The van der Waals surface area contributed by atoms with Crippen LogP contribution in [0.3, 0.4) is 0 Å². The molecule has 0 amide bonds. The fourth-order valence-electron chi connectivity index (χ4n) is 4.35. The lowest BCUT2D eigenvalue weighted by Gasteiger charge is -2.36. The Morgan fingerprint density at radius 1 is 0.930 bits per heavy atom. The van der Waals surface area contributed by atoms with Crippen molar-refractivity contribution in [1.82, 2.24) is 5.16 Å². The molecule has 2 aromatic heterocycles. The highest BCUT2D eigenvalue weighted by molar-refractivity contribution is 7.86. The number of hydrogen-bond acceptors (Lipinski definition) is 6. The van der Waals surface area contributed by atoms with E-state index >= 15 is 0 Å². The minimum Gasteiger partial charge on any atom is -0.741 e. The van der Waals surface area contributed by atoms with Gasteiger partial charge in [0.05, 0.1) is 11.0 Å². The van der Waals surface area contributed by atoms with Crippen molar-refractivity contribution in [2.75, 3.05) is 0 Å². The molecule has 4 aromatic rings. The smallest absolute Gasteiger partial charge is 0.485 e. The summed E-state index contributed by atoms with van der Waals surface area (Å²) in [5.74, 6) is 1.92. The van der Waals surface area contributed by atoms with E-state index in [9.17, 15) is 13.2 Å². The largest absolute Gasteiger partial charge is 0.741 e. The van der Waals surface area contributed by atoms with Gasteiger partial charge in [-0.15, -0.1) is 0 Å². The van der Waals surface area contributed by atoms with E-state index in [1.54, 1.807) is 0 Å². The summed E-state index contributed by atoms with van der Waals surface area (Å²) in [6.07, 6.45) is 6.45. The maximum absolute atomic E-state index is 10.7. The third kappa shape index (κ3) is 7.54. The molecule has 0 aliphatic heterocycles. The van der Waals surface area contributed by atoms with Gasteiger partial charge in [0.25, 0.3) is 0 Å². The molecular formula is C31H35F3N2O5SSi. The van der Waals surface area contributed by atoms with Gasteiger partial charge in [-0.3, -0.25) is 0 Å². The Morgan fingerprint density at radius 3 is 1.95 bits per heavy atom. The number of halogens is 3. The van der Waals surface area contributed by atoms with Crippen LogP contribution in [0.4, 0.5) is 13.2 Å². The summed E-state index contributed by atoms with van der Waals surface area (Å²) >= 11 is 0. The number of alkyl halides is 3. The van der Waals surface area contributed by atoms with Gasteiger partial charge in [-0.25, -0.2) is 13.0 Å². The second kappa shape index (κ2) is 11.9. The zero-order valence-corrected chi connectivity index (χ0v) is 26.5. The number of benzene rings is 2. The van der Waals surface area contributed by atoms with Gasteiger partial charge in [-0.1, -0.05) is 62.3 Å². The summed E-state index contributed by atoms with van der Waals surface area (Å²) < 4.78 is 73.8. The SMILES string of the molecule is CC(C)(C)[Si](C)(C)Oc1ccc(-c2noc(C3(C[n+]4ccccc4)CC3)c2-c2ccccc2)cc1.O=S(=O)([O-])C(F)(F)F. The molecule has 2 aromatic carbocycles. The van der Waals surface area contributed by atoms with E-state index in [0.29, 0.717) is 0 Å². The highest BCUT2D eigenvalue weighted by Crippen LogP contribution is 2.53. The topological polar surface area (TPSA) is 96.3 Å². The molecule has 0 atom stereocenters. The van der Waals surface area contributed by atoms with Gasteiger partial charge in [0.1, 0.15) is 11.4 Å².